The monoisotopic (exact) mass is 300 g/mol. The molecular weight excluding hydrogens is 276 g/mol. The van der Waals surface area contributed by atoms with E-state index in [1.807, 2.05) is 62.1 Å². The van der Waals surface area contributed by atoms with Crippen molar-refractivity contribution in [1.29, 1.82) is 0 Å². The Balaban J connectivity index is 1.85. The lowest BCUT2D eigenvalue weighted by atomic mass is 9.94. The SMILES string of the molecule is Cc1c(CCNC(=O)[C@@H](C)[C@@H](N)c2ccccc2)cnn1C. The van der Waals surface area contributed by atoms with Gasteiger partial charge in [-0.3, -0.25) is 9.48 Å². The molecule has 1 heterocycles. The molecule has 0 aliphatic rings. The fourth-order valence-corrected chi connectivity index (χ4v) is 2.40. The third-order valence-corrected chi connectivity index (χ3v) is 4.17. The van der Waals surface area contributed by atoms with E-state index < -0.39 is 0 Å². The topological polar surface area (TPSA) is 72.9 Å². The number of benzene rings is 1. The lowest BCUT2D eigenvalue weighted by Crippen LogP contribution is -2.36. The van der Waals surface area contributed by atoms with E-state index in [4.69, 9.17) is 5.73 Å². The third-order valence-electron chi connectivity index (χ3n) is 4.17. The number of aryl methyl sites for hydroxylation is 1. The predicted octanol–water partition coefficient (Wildman–Crippen LogP) is 1.72. The highest BCUT2D eigenvalue weighted by atomic mass is 16.1. The molecule has 22 heavy (non-hydrogen) atoms. The first-order chi connectivity index (χ1) is 10.5. The van der Waals surface area contributed by atoms with Gasteiger partial charge in [-0.25, -0.2) is 0 Å². The van der Waals surface area contributed by atoms with Gasteiger partial charge < -0.3 is 11.1 Å². The number of carbonyl (C=O) groups is 1. The van der Waals surface area contributed by atoms with Gasteiger partial charge >= 0.3 is 0 Å². The predicted molar refractivity (Wildman–Crippen MR) is 87.2 cm³/mol. The number of hydrogen-bond donors (Lipinski definition) is 2. The van der Waals surface area contributed by atoms with Gasteiger partial charge in [-0.1, -0.05) is 37.3 Å². The summed E-state index contributed by atoms with van der Waals surface area (Å²) in [5, 5.41) is 7.16. The molecule has 5 nitrogen and oxygen atoms in total. The molecule has 3 N–H and O–H groups in total. The van der Waals surface area contributed by atoms with Gasteiger partial charge in [0.25, 0.3) is 0 Å². The first-order valence-electron chi connectivity index (χ1n) is 7.56. The number of carbonyl (C=O) groups excluding carboxylic acids is 1. The van der Waals surface area contributed by atoms with Gasteiger partial charge in [0.15, 0.2) is 0 Å². The van der Waals surface area contributed by atoms with E-state index >= 15 is 0 Å². The van der Waals surface area contributed by atoms with Crippen molar-refractivity contribution >= 4 is 5.91 Å². The summed E-state index contributed by atoms with van der Waals surface area (Å²) in [6, 6.07) is 9.43. The zero-order chi connectivity index (χ0) is 16.1. The second-order valence-corrected chi connectivity index (χ2v) is 5.64. The molecule has 0 aliphatic heterocycles. The Hall–Kier alpha value is -2.14. The van der Waals surface area contributed by atoms with Crippen LogP contribution in [0.4, 0.5) is 0 Å². The van der Waals surface area contributed by atoms with Crippen molar-refractivity contribution in [3.63, 3.8) is 0 Å². The Morgan fingerprint density at radius 1 is 1.36 bits per heavy atom. The molecule has 0 radical (unpaired) electrons. The minimum Gasteiger partial charge on any atom is -0.355 e. The summed E-state index contributed by atoms with van der Waals surface area (Å²) in [5.41, 5.74) is 9.44. The Morgan fingerprint density at radius 2 is 2.05 bits per heavy atom. The molecule has 1 aromatic heterocycles. The van der Waals surface area contributed by atoms with E-state index in [2.05, 4.69) is 10.4 Å². The summed E-state index contributed by atoms with van der Waals surface area (Å²) in [6.45, 7) is 4.48. The highest BCUT2D eigenvalue weighted by Gasteiger charge is 2.21. The van der Waals surface area contributed by atoms with Gasteiger partial charge in [-0.15, -0.1) is 0 Å². The quantitative estimate of drug-likeness (QED) is 0.853. The first-order valence-corrected chi connectivity index (χ1v) is 7.56. The summed E-state index contributed by atoms with van der Waals surface area (Å²) in [4.78, 5) is 12.2. The zero-order valence-electron chi connectivity index (χ0n) is 13.4. The van der Waals surface area contributed by atoms with Crippen LogP contribution in [0.2, 0.25) is 0 Å². The standard InChI is InChI=1S/C17H24N4O/c1-12(16(18)14-7-5-4-6-8-14)17(22)19-10-9-15-11-20-21(3)13(15)2/h4-8,11-12,16H,9-10,18H2,1-3H3,(H,19,22)/t12-,16+/m0/s1. The Bertz CT molecular complexity index is 621. The lowest BCUT2D eigenvalue weighted by Gasteiger charge is -2.19. The number of nitrogens with zero attached hydrogens (tertiary/aromatic N) is 2. The number of aromatic nitrogens is 2. The molecule has 0 aliphatic carbocycles. The van der Waals surface area contributed by atoms with E-state index in [9.17, 15) is 4.79 Å². The number of nitrogens with one attached hydrogen (secondary N) is 1. The van der Waals surface area contributed by atoms with Crippen molar-refractivity contribution in [2.45, 2.75) is 26.3 Å². The smallest absolute Gasteiger partial charge is 0.224 e. The molecule has 0 bridgehead atoms. The number of amides is 1. The van der Waals surface area contributed by atoms with E-state index in [1.54, 1.807) is 0 Å². The van der Waals surface area contributed by atoms with E-state index in [1.165, 1.54) is 0 Å². The Labute approximate surface area is 131 Å². The molecule has 2 rings (SSSR count). The van der Waals surface area contributed by atoms with Crippen LogP contribution in [0.5, 0.6) is 0 Å². The van der Waals surface area contributed by atoms with E-state index in [0.29, 0.717) is 6.54 Å². The summed E-state index contributed by atoms with van der Waals surface area (Å²) >= 11 is 0. The molecule has 0 unspecified atom stereocenters. The van der Waals surface area contributed by atoms with Gasteiger partial charge in [0.2, 0.25) is 5.91 Å². The van der Waals surface area contributed by atoms with Crippen LogP contribution in [0.1, 0.15) is 29.8 Å². The number of rotatable bonds is 6. The van der Waals surface area contributed by atoms with Crippen molar-refractivity contribution in [3.05, 3.63) is 53.3 Å². The van der Waals surface area contributed by atoms with Gasteiger partial charge in [-0.2, -0.15) is 5.10 Å². The fraction of sp³-hybridized carbons (Fsp3) is 0.412. The molecular formula is C17H24N4O. The minimum atomic E-state index is -0.290. The van der Waals surface area contributed by atoms with Crippen LogP contribution < -0.4 is 11.1 Å². The Kier molecular flexibility index (Phi) is 5.33. The zero-order valence-corrected chi connectivity index (χ0v) is 13.4. The van der Waals surface area contributed by atoms with Gasteiger partial charge in [0.05, 0.1) is 12.1 Å². The summed E-state index contributed by atoms with van der Waals surface area (Å²) in [6.07, 6.45) is 2.62. The summed E-state index contributed by atoms with van der Waals surface area (Å²) in [7, 11) is 1.92. The van der Waals surface area contributed by atoms with Crippen LogP contribution in [0.3, 0.4) is 0 Å². The second-order valence-electron chi connectivity index (χ2n) is 5.64. The number of nitrogens with two attached hydrogens (primary N) is 1. The van der Waals surface area contributed by atoms with Crippen molar-refractivity contribution in [2.24, 2.45) is 18.7 Å². The normalized spacial score (nSPS) is 13.6. The van der Waals surface area contributed by atoms with Gasteiger partial charge in [0, 0.05) is 25.3 Å². The fourth-order valence-electron chi connectivity index (χ4n) is 2.40. The molecule has 0 spiro atoms. The maximum absolute atomic E-state index is 12.2. The van der Waals surface area contributed by atoms with Crippen LogP contribution in [0.25, 0.3) is 0 Å². The molecule has 2 aromatic rings. The maximum Gasteiger partial charge on any atom is 0.224 e. The van der Waals surface area contributed by atoms with Crippen LogP contribution in [0.15, 0.2) is 36.5 Å². The van der Waals surface area contributed by atoms with Crippen molar-refractivity contribution in [1.82, 2.24) is 15.1 Å². The number of hydrogen-bond acceptors (Lipinski definition) is 3. The van der Waals surface area contributed by atoms with Crippen molar-refractivity contribution in [2.75, 3.05) is 6.54 Å². The summed E-state index contributed by atoms with van der Waals surface area (Å²) < 4.78 is 1.84. The molecule has 1 aromatic carbocycles. The Morgan fingerprint density at radius 3 is 2.64 bits per heavy atom. The second kappa shape index (κ2) is 7.22. The molecule has 0 fully saturated rings. The lowest BCUT2D eigenvalue weighted by molar-refractivity contribution is -0.125. The third kappa shape index (κ3) is 3.74. The molecule has 0 saturated heterocycles. The van der Waals surface area contributed by atoms with Crippen LogP contribution in [-0.4, -0.2) is 22.2 Å². The van der Waals surface area contributed by atoms with Crippen molar-refractivity contribution < 1.29 is 4.79 Å². The van der Waals surface area contributed by atoms with E-state index in [-0.39, 0.29) is 17.9 Å². The van der Waals surface area contributed by atoms with Crippen LogP contribution >= 0.6 is 0 Å². The largest absolute Gasteiger partial charge is 0.355 e. The van der Waals surface area contributed by atoms with E-state index in [0.717, 1.165) is 23.2 Å². The van der Waals surface area contributed by atoms with Gasteiger partial charge in [0.1, 0.15) is 0 Å². The minimum absolute atomic E-state index is 0.0158. The highest BCUT2D eigenvalue weighted by Crippen LogP contribution is 2.19. The molecule has 1 amide bonds. The van der Waals surface area contributed by atoms with Crippen molar-refractivity contribution in [3.8, 4) is 0 Å². The highest BCUT2D eigenvalue weighted by molar-refractivity contribution is 5.79. The molecule has 118 valence electrons. The van der Waals surface area contributed by atoms with Crippen LogP contribution in [0, 0.1) is 12.8 Å². The maximum atomic E-state index is 12.2. The van der Waals surface area contributed by atoms with Crippen LogP contribution in [-0.2, 0) is 18.3 Å². The summed E-state index contributed by atoms with van der Waals surface area (Å²) in [5.74, 6) is -0.282. The average molecular weight is 300 g/mol. The average Bonchev–Trinajstić information content (AvgIpc) is 2.86. The molecule has 0 saturated carbocycles. The molecule has 2 atom stereocenters. The van der Waals surface area contributed by atoms with Gasteiger partial charge in [-0.05, 0) is 24.5 Å². The first kappa shape index (κ1) is 16.2. The molecule has 5 heteroatoms.